The Balaban J connectivity index is 1.99. The lowest BCUT2D eigenvalue weighted by Crippen LogP contribution is -2.52. The van der Waals surface area contributed by atoms with Gasteiger partial charge >= 0.3 is 0 Å². The number of piperidine rings is 1. The summed E-state index contributed by atoms with van der Waals surface area (Å²) in [4.78, 5) is 0. The zero-order valence-electron chi connectivity index (χ0n) is 12.1. The van der Waals surface area contributed by atoms with Crippen molar-refractivity contribution in [2.75, 3.05) is 0 Å². The fourth-order valence-electron chi connectivity index (χ4n) is 2.75. The predicted molar refractivity (Wildman–Crippen MR) is 74.1 cm³/mol. The Kier molecular flexibility index (Phi) is 4.40. The Hall–Kier alpha value is -0.870. The summed E-state index contributed by atoms with van der Waals surface area (Å²) in [6, 6.07) is 1.57. The van der Waals surface area contributed by atoms with Crippen LogP contribution < -0.4 is 5.43 Å². The minimum Gasteiger partial charge on any atom is -0.273 e. The molecule has 18 heavy (non-hydrogen) atoms. The van der Waals surface area contributed by atoms with Crippen molar-refractivity contribution in [2.24, 2.45) is 0 Å². The van der Waals surface area contributed by atoms with E-state index in [0.29, 0.717) is 18.1 Å². The summed E-state index contributed by atoms with van der Waals surface area (Å²) in [5.41, 5.74) is 4.92. The third-order valence-electron chi connectivity index (χ3n) is 4.01. The van der Waals surface area contributed by atoms with E-state index >= 15 is 0 Å². The van der Waals surface area contributed by atoms with Crippen molar-refractivity contribution in [1.82, 2.24) is 20.2 Å². The summed E-state index contributed by atoms with van der Waals surface area (Å²) < 4.78 is 1.98. The number of nitrogens with one attached hydrogen (secondary N) is 1. The SMILES string of the molecule is CCn1cc(C(C)NN2C(C)CCCC2C)cn1. The molecular formula is C14H26N4. The summed E-state index contributed by atoms with van der Waals surface area (Å²) in [6.07, 6.45) is 8.04. The first-order valence-corrected chi connectivity index (χ1v) is 7.18. The van der Waals surface area contributed by atoms with Gasteiger partial charge in [-0.2, -0.15) is 5.10 Å². The first-order chi connectivity index (χ1) is 8.61. The molecule has 0 bridgehead atoms. The quantitative estimate of drug-likeness (QED) is 0.892. The highest BCUT2D eigenvalue weighted by Crippen LogP contribution is 2.23. The van der Waals surface area contributed by atoms with Gasteiger partial charge in [-0.05, 0) is 40.5 Å². The lowest BCUT2D eigenvalue weighted by molar-refractivity contribution is 0.0320. The van der Waals surface area contributed by atoms with E-state index in [0.717, 1.165) is 6.54 Å². The summed E-state index contributed by atoms with van der Waals surface area (Å²) in [5.74, 6) is 0. The number of hydrogen-bond donors (Lipinski definition) is 1. The van der Waals surface area contributed by atoms with Crippen LogP contribution in [0.25, 0.3) is 0 Å². The molecule has 3 unspecified atom stereocenters. The molecule has 1 aromatic rings. The molecule has 2 rings (SSSR count). The number of aromatic nitrogens is 2. The number of hydrazine groups is 1. The molecule has 4 heteroatoms. The van der Waals surface area contributed by atoms with Crippen molar-refractivity contribution in [3.63, 3.8) is 0 Å². The van der Waals surface area contributed by atoms with Crippen molar-refractivity contribution >= 4 is 0 Å². The molecule has 0 spiro atoms. The summed E-state index contributed by atoms with van der Waals surface area (Å²) >= 11 is 0. The van der Waals surface area contributed by atoms with Crippen LogP contribution in [0, 0.1) is 0 Å². The average Bonchev–Trinajstić information content (AvgIpc) is 2.82. The Labute approximate surface area is 110 Å². The highest BCUT2D eigenvalue weighted by Gasteiger charge is 2.26. The van der Waals surface area contributed by atoms with E-state index in [1.165, 1.54) is 24.8 Å². The molecule has 0 saturated carbocycles. The van der Waals surface area contributed by atoms with Gasteiger partial charge in [-0.3, -0.25) is 4.68 Å². The summed E-state index contributed by atoms with van der Waals surface area (Å²) in [6.45, 7) is 9.88. The largest absolute Gasteiger partial charge is 0.273 e. The standard InChI is InChI=1S/C14H26N4/c1-5-17-10-14(9-15-17)13(4)16-18-11(2)7-6-8-12(18)3/h9-13,16H,5-8H2,1-4H3. The van der Waals surface area contributed by atoms with Crippen molar-refractivity contribution < 1.29 is 0 Å². The monoisotopic (exact) mass is 250 g/mol. The van der Waals surface area contributed by atoms with E-state index in [-0.39, 0.29) is 0 Å². The first kappa shape index (κ1) is 13.6. The maximum Gasteiger partial charge on any atom is 0.0538 e. The summed E-state index contributed by atoms with van der Waals surface area (Å²) in [7, 11) is 0. The van der Waals surface area contributed by atoms with Crippen LogP contribution >= 0.6 is 0 Å². The number of rotatable bonds is 4. The third kappa shape index (κ3) is 2.93. The van der Waals surface area contributed by atoms with Gasteiger partial charge in [0.05, 0.1) is 6.20 Å². The maximum absolute atomic E-state index is 4.35. The molecule has 2 heterocycles. The van der Waals surface area contributed by atoms with E-state index in [1.807, 2.05) is 10.9 Å². The maximum atomic E-state index is 4.35. The second kappa shape index (κ2) is 5.85. The van der Waals surface area contributed by atoms with Crippen LogP contribution in [0.4, 0.5) is 0 Å². The normalized spacial score (nSPS) is 27.3. The van der Waals surface area contributed by atoms with Gasteiger partial charge in [-0.25, -0.2) is 10.4 Å². The molecule has 0 aliphatic carbocycles. The van der Waals surface area contributed by atoms with Gasteiger partial charge in [0.1, 0.15) is 0 Å². The van der Waals surface area contributed by atoms with Crippen molar-refractivity contribution in [1.29, 1.82) is 0 Å². The molecule has 1 fully saturated rings. The van der Waals surface area contributed by atoms with Crippen molar-refractivity contribution in [3.05, 3.63) is 18.0 Å². The molecule has 1 saturated heterocycles. The average molecular weight is 250 g/mol. The number of nitrogens with zero attached hydrogens (tertiary/aromatic N) is 3. The van der Waals surface area contributed by atoms with Crippen LogP contribution in [0.2, 0.25) is 0 Å². The predicted octanol–water partition coefficient (Wildman–Crippen LogP) is 2.73. The molecule has 1 aliphatic rings. The number of hydrogen-bond acceptors (Lipinski definition) is 3. The van der Waals surface area contributed by atoms with E-state index < -0.39 is 0 Å². The first-order valence-electron chi connectivity index (χ1n) is 7.18. The molecule has 3 atom stereocenters. The Morgan fingerprint density at radius 2 is 2.06 bits per heavy atom. The summed E-state index contributed by atoms with van der Waals surface area (Å²) in [5, 5.41) is 6.77. The topological polar surface area (TPSA) is 33.1 Å². The molecular weight excluding hydrogens is 224 g/mol. The van der Waals surface area contributed by atoms with Crippen molar-refractivity contribution in [3.8, 4) is 0 Å². The second-order valence-corrected chi connectivity index (χ2v) is 5.52. The van der Waals surface area contributed by atoms with Crippen LogP contribution in [-0.4, -0.2) is 26.9 Å². The van der Waals surface area contributed by atoms with Gasteiger partial charge in [0.2, 0.25) is 0 Å². The molecule has 0 aromatic carbocycles. The van der Waals surface area contributed by atoms with Gasteiger partial charge in [0.25, 0.3) is 0 Å². The van der Waals surface area contributed by atoms with Crippen LogP contribution in [0.15, 0.2) is 12.4 Å². The second-order valence-electron chi connectivity index (χ2n) is 5.52. The zero-order chi connectivity index (χ0) is 13.1. The third-order valence-corrected chi connectivity index (χ3v) is 4.01. The molecule has 4 nitrogen and oxygen atoms in total. The molecule has 1 N–H and O–H groups in total. The molecule has 1 aliphatic heterocycles. The minimum atomic E-state index is 0.327. The van der Waals surface area contributed by atoms with E-state index in [2.05, 4.69) is 49.4 Å². The van der Waals surface area contributed by atoms with Gasteiger partial charge in [-0.1, -0.05) is 6.42 Å². The Bertz CT molecular complexity index is 364. The lowest BCUT2D eigenvalue weighted by Gasteiger charge is -2.40. The van der Waals surface area contributed by atoms with Gasteiger partial charge in [0, 0.05) is 36.4 Å². The smallest absolute Gasteiger partial charge is 0.0538 e. The molecule has 1 aromatic heterocycles. The van der Waals surface area contributed by atoms with E-state index in [9.17, 15) is 0 Å². The Morgan fingerprint density at radius 3 is 2.61 bits per heavy atom. The Morgan fingerprint density at radius 1 is 1.39 bits per heavy atom. The molecule has 102 valence electrons. The zero-order valence-corrected chi connectivity index (χ0v) is 12.1. The minimum absolute atomic E-state index is 0.327. The van der Waals surface area contributed by atoms with Crippen LogP contribution in [0.1, 0.15) is 58.6 Å². The van der Waals surface area contributed by atoms with E-state index in [4.69, 9.17) is 0 Å². The fourth-order valence-corrected chi connectivity index (χ4v) is 2.75. The molecule has 0 radical (unpaired) electrons. The van der Waals surface area contributed by atoms with Gasteiger partial charge in [0.15, 0.2) is 0 Å². The van der Waals surface area contributed by atoms with Crippen LogP contribution in [-0.2, 0) is 6.54 Å². The van der Waals surface area contributed by atoms with Gasteiger partial charge in [-0.15, -0.1) is 0 Å². The van der Waals surface area contributed by atoms with E-state index in [1.54, 1.807) is 0 Å². The lowest BCUT2D eigenvalue weighted by atomic mass is 9.99. The van der Waals surface area contributed by atoms with Gasteiger partial charge < -0.3 is 0 Å². The highest BCUT2D eigenvalue weighted by atomic mass is 15.5. The highest BCUT2D eigenvalue weighted by molar-refractivity contribution is 5.09. The fraction of sp³-hybridized carbons (Fsp3) is 0.786. The van der Waals surface area contributed by atoms with Crippen molar-refractivity contribution in [2.45, 2.75) is 71.6 Å². The van der Waals surface area contributed by atoms with Crippen LogP contribution in [0.3, 0.4) is 0 Å². The molecule has 0 amide bonds. The van der Waals surface area contributed by atoms with Crippen LogP contribution in [0.5, 0.6) is 0 Å². The number of aryl methyl sites for hydroxylation is 1.